The Balaban J connectivity index is 1.55. The van der Waals surface area contributed by atoms with E-state index in [0.29, 0.717) is 0 Å². The van der Waals surface area contributed by atoms with Gasteiger partial charge in [0.25, 0.3) is 0 Å². The fraction of sp³-hybridized carbons (Fsp3) is 0.368. The second-order valence-corrected chi connectivity index (χ2v) is 7.37. The number of nitrogens with zero attached hydrogens (tertiary/aromatic N) is 3. The van der Waals surface area contributed by atoms with Crippen LogP contribution in [0.1, 0.15) is 37.1 Å². The van der Waals surface area contributed by atoms with Crippen molar-refractivity contribution in [3.63, 3.8) is 0 Å². The molecule has 0 bridgehead atoms. The van der Waals surface area contributed by atoms with Crippen molar-refractivity contribution in [3.05, 3.63) is 59.0 Å². The van der Waals surface area contributed by atoms with Gasteiger partial charge >= 0.3 is 0 Å². The second kappa shape index (κ2) is 5.21. The number of halogens is 1. The maximum Gasteiger partial charge on any atom is 0.203 e. The van der Waals surface area contributed by atoms with Crippen LogP contribution in [0.3, 0.4) is 0 Å². The number of aromatic nitrogens is 3. The first kappa shape index (κ1) is 14.3. The molecule has 0 aliphatic heterocycles. The van der Waals surface area contributed by atoms with Gasteiger partial charge < -0.3 is 4.74 Å². The second-order valence-electron chi connectivity index (χ2n) is 6.93. The van der Waals surface area contributed by atoms with Crippen molar-refractivity contribution in [3.8, 4) is 5.75 Å². The Kier molecular flexibility index (Phi) is 3.10. The van der Waals surface area contributed by atoms with Gasteiger partial charge in [0.15, 0.2) is 5.75 Å². The summed E-state index contributed by atoms with van der Waals surface area (Å²) in [5, 5.41) is 9.72. The van der Waals surface area contributed by atoms with Crippen molar-refractivity contribution < 1.29 is 4.74 Å². The summed E-state index contributed by atoms with van der Waals surface area (Å²) in [6.07, 6.45) is 6.76. The number of benzene rings is 1. The van der Waals surface area contributed by atoms with Gasteiger partial charge in [-0.15, -0.1) is 10.2 Å². The molecule has 3 aromatic rings. The molecule has 122 valence electrons. The number of rotatable bonds is 5. The van der Waals surface area contributed by atoms with Gasteiger partial charge in [-0.05, 0) is 61.4 Å². The molecule has 2 aliphatic rings. The number of fused-ring (bicyclic) bond motifs is 1. The maximum atomic E-state index is 6.04. The Morgan fingerprint density at radius 2 is 1.92 bits per heavy atom. The molecule has 1 aromatic carbocycles. The van der Waals surface area contributed by atoms with Crippen molar-refractivity contribution in [2.45, 2.75) is 31.1 Å². The lowest BCUT2D eigenvalue weighted by Crippen LogP contribution is -2.13. The van der Waals surface area contributed by atoms with Crippen LogP contribution in [0.4, 0.5) is 0 Å². The minimum absolute atomic E-state index is 0.0425. The van der Waals surface area contributed by atoms with Crippen molar-refractivity contribution in [1.29, 1.82) is 0 Å². The van der Waals surface area contributed by atoms with E-state index in [2.05, 4.69) is 26.7 Å². The molecule has 0 atom stereocenters. The third-order valence-electron chi connectivity index (χ3n) is 5.15. The van der Waals surface area contributed by atoms with E-state index in [0.717, 1.165) is 47.6 Å². The van der Waals surface area contributed by atoms with Crippen LogP contribution < -0.4 is 4.74 Å². The fourth-order valence-electron chi connectivity index (χ4n) is 3.36. The monoisotopic (exact) mass is 339 g/mol. The molecular weight excluding hydrogens is 322 g/mol. The highest BCUT2D eigenvalue weighted by Gasteiger charge is 2.49. The lowest BCUT2D eigenvalue weighted by atomic mass is 9.95. The highest BCUT2D eigenvalue weighted by molar-refractivity contribution is 6.30. The molecule has 0 spiro atoms. The Labute approximate surface area is 145 Å². The largest absolute Gasteiger partial charge is 0.489 e. The van der Waals surface area contributed by atoms with E-state index >= 15 is 0 Å². The molecule has 2 saturated carbocycles. The first-order valence-corrected chi connectivity index (χ1v) is 8.87. The van der Waals surface area contributed by atoms with Crippen LogP contribution in [-0.4, -0.2) is 21.2 Å². The fourth-order valence-corrected chi connectivity index (χ4v) is 3.48. The highest BCUT2D eigenvalue weighted by Crippen LogP contribution is 2.53. The van der Waals surface area contributed by atoms with Crippen LogP contribution in [0, 0.1) is 5.92 Å². The van der Waals surface area contributed by atoms with Gasteiger partial charge in [0.1, 0.15) is 5.82 Å². The van der Waals surface area contributed by atoms with E-state index in [1.807, 2.05) is 30.5 Å². The molecule has 4 nitrogen and oxygen atoms in total. The summed E-state index contributed by atoms with van der Waals surface area (Å²) in [4.78, 5) is 0. The third kappa shape index (κ3) is 2.28. The van der Waals surface area contributed by atoms with Crippen LogP contribution in [0.15, 0.2) is 42.6 Å². The van der Waals surface area contributed by atoms with Crippen LogP contribution >= 0.6 is 11.6 Å². The predicted octanol–water partition coefficient (Wildman–Crippen LogP) is 4.25. The quantitative estimate of drug-likeness (QED) is 0.697. The molecule has 5 rings (SSSR count). The predicted molar refractivity (Wildman–Crippen MR) is 92.7 cm³/mol. The average molecular weight is 340 g/mol. The number of hydrogen-bond acceptors (Lipinski definition) is 3. The van der Waals surface area contributed by atoms with Crippen molar-refractivity contribution in [2.75, 3.05) is 6.61 Å². The summed E-state index contributed by atoms with van der Waals surface area (Å²) in [6, 6.07) is 12.1. The molecular formula is C19H18ClN3O. The zero-order valence-electron chi connectivity index (χ0n) is 13.3. The summed E-state index contributed by atoms with van der Waals surface area (Å²) in [7, 11) is 0. The molecule has 24 heavy (non-hydrogen) atoms. The van der Waals surface area contributed by atoms with Crippen LogP contribution in [-0.2, 0) is 5.41 Å². The molecule has 2 heterocycles. The first-order chi connectivity index (χ1) is 11.8. The van der Waals surface area contributed by atoms with E-state index in [-0.39, 0.29) is 5.41 Å². The van der Waals surface area contributed by atoms with Crippen molar-refractivity contribution in [1.82, 2.24) is 14.6 Å². The van der Waals surface area contributed by atoms with Crippen LogP contribution in [0.25, 0.3) is 5.65 Å². The van der Waals surface area contributed by atoms with Gasteiger partial charge in [0.2, 0.25) is 5.65 Å². The standard InChI is InChI=1S/C19H18ClN3O/c20-15-7-5-14(6-8-15)19(9-10-19)18-22-21-17-16(2-1-11-23(17)18)24-12-13-3-4-13/h1-2,5-8,11,13H,3-4,9-10,12H2. The molecule has 0 radical (unpaired) electrons. The first-order valence-electron chi connectivity index (χ1n) is 8.49. The summed E-state index contributed by atoms with van der Waals surface area (Å²) >= 11 is 6.04. The van der Waals surface area contributed by atoms with E-state index in [4.69, 9.17) is 16.3 Å². The molecule has 2 fully saturated rings. The Morgan fingerprint density at radius 1 is 1.12 bits per heavy atom. The smallest absolute Gasteiger partial charge is 0.203 e. The normalized spacial score (nSPS) is 18.7. The Bertz CT molecular complexity index is 895. The molecule has 0 unspecified atom stereocenters. The highest BCUT2D eigenvalue weighted by atomic mass is 35.5. The van der Waals surface area contributed by atoms with Crippen LogP contribution in [0.5, 0.6) is 5.75 Å². The zero-order chi connectivity index (χ0) is 16.1. The average Bonchev–Trinajstić information content (AvgIpc) is 3.52. The van der Waals surface area contributed by atoms with Crippen molar-refractivity contribution in [2.24, 2.45) is 5.92 Å². The molecule has 2 aliphatic carbocycles. The van der Waals surface area contributed by atoms with Gasteiger partial charge in [-0.2, -0.15) is 0 Å². The SMILES string of the molecule is Clc1ccc(C2(c3nnc4c(OCC5CC5)cccn34)CC2)cc1. The Hall–Kier alpha value is -2.07. The molecule has 0 N–H and O–H groups in total. The molecule has 2 aromatic heterocycles. The Morgan fingerprint density at radius 3 is 2.62 bits per heavy atom. The molecule has 0 saturated heterocycles. The minimum atomic E-state index is -0.0425. The summed E-state index contributed by atoms with van der Waals surface area (Å²) in [5.41, 5.74) is 2.03. The topological polar surface area (TPSA) is 39.4 Å². The van der Waals surface area contributed by atoms with Gasteiger partial charge in [-0.1, -0.05) is 23.7 Å². The molecule has 0 amide bonds. The number of hydrogen-bond donors (Lipinski definition) is 0. The van der Waals surface area contributed by atoms with Gasteiger partial charge in [-0.3, -0.25) is 4.40 Å². The lowest BCUT2D eigenvalue weighted by Gasteiger charge is -2.14. The third-order valence-corrected chi connectivity index (χ3v) is 5.40. The van der Waals surface area contributed by atoms with E-state index in [1.165, 1.54) is 18.4 Å². The summed E-state index contributed by atoms with van der Waals surface area (Å²) in [5.74, 6) is 2.54. The lowest BCUT2D eigenvalue weighted by molar-refractivity contribution is 0.301. The van der Waals surface area contributed by atoms with Gasteiger partial charge in [0.05, 0.1) is 12.0 Å². The van der Waals surface area contributed by atoms with E-state index in [9.17, 15) is 0 Å². The van der Waals surface area contributed by atoms with Gasteiger partial charge in [0, 0.05) is 11.2 Å². The number of pyridine rings is 1. The van der Waals surface area contributed by atoms with E-state index in [1.54, 1.807) is 0 Å². The van der Waals surface area contributed by atoms with Crippen molar-refractivity contribution >= 4 is 17.2 Å². The summed E-state index contributed by atoms with van der Waals surface area (Å²) in [6.45, 7) is 0.782. The summed E-state index contributed by atoms with van der Waals surface area (Å²) < 4.78 is 8.06. The number of ether oxygens (including phenoxy) is 1. The maximum absolute atomic E-state index is 6.04. The van der Waals surface area contributed by atoms with Gasteiger partial charge in [-0.25, -0.2) is 0 Å². The minimum Gasteiger partial charge on any atom is -0.489 e. The molecule has 5 heteroatoms. The van der Waals surface area contributed by atoms with Crippen LogP contribution in [0.2, 0.25) is 5.02 Å². The zero-order valence-corrected chi connectivity index (χ0v) is 14.0. The van der Waals surface area contributed by atoms with E-state index < -0.39 is 0 Å².